The van der Waals surface area contributed by atoms with Crippen LogP contribution in [0.3, 0.4) is 0 Å². The number of aryl methyl sites for hydroxylation is 1. The molecule has 1 atom stereocenters. The highest BCUT2D eigenvalue weighted by Gasteiger charge is 2.18. The van der Waals surface area contributed by atoms with Crippen molar-refractivity contribution in [3.8, 4) is 11.3 Å². The maximum absolute atomic E-state index is 13.4. The zero-order valence-electron chi connectivity index (χ0n) is 13.4. The van der Waals surface area contributed by atoms with E-state index in [4.69, 9.17) is 0 Å². The van der Waals surface area contributed by atoms with E-state index in [0.29, 0.717) is 23.2 Å². The molecule has 7 heteroatoms. The number of nitrogens with zero attached hydrogens (tertiary/aromatic N) is 2. The van der Waals surface area contributed by atoms with Gasteiger partial charge in [0.1, 0.15) is 5.82 Å². The fraction of sp³-hybridized carbons (Fsp3) is 0.235. The van der Waals surface area contributed by atoms with Crippen molar-refractivity contribution in [2.45, 2.75) is 26.3 Å². The lowest BCUT2D eigenvalue weighted by Crippen LogP contribution is -2.34. The van der Waals surface area contributed by atoms with Gasteiger partial charge in [-0.2, -0.15) is 10.2 Å². The van der Waals surface area contributed by atoms with Crippen molar-refractivity contribution >= 4 is 5.91 Å². The monoisotopic (exact) mass is 327 g/mol. The minimum Gasteiger partial charge on any atom is -0.349 e. The molecule has 0 aliphatic carbocycles. The normalized spacial score (nSPS) is 12.1. The number of aromatic amines is 2. The molecule has 0 bridgehead atoms. The second kappa shape index (κ2) is 6.66. The fourth-order valence-corrected chi connectivity index (χ4v) is 2.57. The first-order valence-electron chi connectivity index (χ1n) is 7.64. The number of nitrogens with one attached hydrogen (secondary N) is 3. The molecule has 3 aromatic rings. The number of hydrogen-bond donors (Lipinski definition) is 3. The SMILES string of the molecule is Cc1cc(C[C@H](C)NC(=O)c2cn[nH]c2-c2cccc(F)c2)n[nH]1. The summed E-state index contributed by atoms with van der Waals surface area (Å²) in [4.78, 5) is 12.5. The van der Waals surface area contributed by atoms with E-state index in [1.54, 1.807) is 12.1 Å². The van der Waals surface area contributed by atoms with Gasteiger partial charge in [0.2, 0.25) is 0 Å². The first-order valence-corrected chi connectivity index (χ1v) is 7.64. The lowest BCUT2D eigenvalue weighted by Gasteiger charge is -2.12. The molecule has 0 radical (unpaired) electrons. The highest BCUT2D eigenvalue weighted by molar-refractivity contribution is 5.99. The van der Waals surface area contributed by atoms with E-state index < -0.39 is 0 Å². The summed E-state index contributed by atoms with van der Waals surface area (Å²) in [6.45, 7) is 3.83. The van der Waals surface area contributed by atoms with Gasteiger partial charge in [-0.1, -0.05) is 12.1 Å². The van der Waals surface area contributed by atoms with Gasteiger partial charge in [-0.25, -0.2) is 4.39 Å². The minimum atomic E-state index is -0.365. The zero-order valence-corrected chi connectivity index (χ0v) is 13.4. The van der Waals surface area contributed by atoms with Crippen LogP contribution in [-0.4, -0.2) is 32.3 Å². The molecular weight excluding hydrogens is 309 g/mol. The Balaban J connectivity index is 1.73. The molecule has 124 valence electrons. The number of aromatic nitrogens is 4. The van der Waals surface area contributed by atoms with E-state index in [0.717, 1.165) is 11.4 Å². The summed E-state index contributed by atoms with van der Waals surface area (Å²) in [5, 5.41) is 16.6. The molecular formula is C17H18FN5O. The maximum Gasteiger partial charge on any atom is 0.255 e. The van der Waals surface area contributed by atoms with E-state index in [1.807, 2.05) is 19.9 Å². The summed E-state index contributed by atoms with van der Waals surface area (Å²) in [6.07, 6.45) is 2.06. The van der Waals surface area contributed by atoms with Gasteiger partial charge in [0.05, 0.1) is 23.1 Å². The number of carbonyl (C=O) groups is 1. The minimum absolute atomic E-state index is 0.101. The van der Waals surface area contributed by atoms with Crippen molar-refractivity contribution in [3.63, 3.8) is 0 Å². The summed E-state index contributed by atoms with van der Waals surface area (Å²) in [5.41, 5.74) is 3.32. The molecule has 1 aromatic carbocycles. The summed E-state index contributed by atoms with van der Waals surface area (Å²) >= 11 is 0. The Morgan fingerprint density at radius 2 is 2.17 bits per heavy atom. The zero-order chi connectivity index (χ0) is 17.1. The van der Waals surface area contributed by atoms with Crippen molar-refractivity contribution in [3.05, 3.63) is 59.3 Å². The third-order valence-electron chi connectivity index (χ3n) is 3.65. The van der Waals surface area contributed by atoms with Crippen LogP contribution in [0.4, 0.5) is 4.39 Å². The van der Waals surface area contributed by atoms with Crippen LogP contribution in [0.2, 0.25) is 0 Å². The third kappa shape index (κ3) is 3.51. The largest absolute Gasteiger partial charge is 0.349 e. The van der Waals surface area contributed by atoms with Crippen molar-refractivity contribution < 1.29 is 9.18 Å². The van der Waals surface area contributed by atoms with Crippen LogP contribution in [0.1, 0.15) is 28.7 Å². The average molecular weight is 327 g/mol. The molecule has 0 aliphatic heterocycles. The van der Waals surface area contributed by atoms with Crippen LogP contribution in [0.15, 0.2) is 36.5 Å². The molecule has 1 amide bonds. The Hall–Kier alpha value is -2.96. The summed E-state index contributed by atoms with van der Waals surface area (Å²) in [6, 6.07) is 7.88. The van der Waals surface area contributed by atoms with Gasteiger partial charge in [0, 0.05) is 23.7 Å². The van der Waals surface area contributed by atoms with Gasteiger partial charge in [-0.05, 0) is 32.0 Å². The number of benzene rings is 1. The number of rotatable bonds is 5. The van der Waals surface area contributed by atoms with Crippen molar-refractivity contribution in [1.82, 2.24) is 25.7 Å². The Kier molecular flexibility index (Phi) is 4.41. The molecule has 0 saturated heterocycles. The Morgan fingerprint density at radius 1 is 1.33 bits per heavy atom. The molecule has 3 rings (SSSR count). The number of hydrogen-bond acceptors (Lipinski definition) is 3. The fourth-order valence-electron chi connectivity index (χ4n) is 2.57. The molecule has 0 saturated carbocycles. The number of halogens is 1. The van der Waals surface area contributed by atoms with Gasteiger partial charge in [-0.15, -0.1) is 0 Å². The van der Waals surface area contributed by atoms with Crippen LogP contribution < -0.4 is 5.32 Å². The van der Waals surface area contributed by atoms with Gasteiger partial charge >= 0.3 is 0 Å². The van der Waals surface area contributed by atoms with E-state index in [9.17, 15) is 9.18 Å². The first-order chi connectivity index (χ1) is 11.5. The van der Waals surface area contributed by atoms with Gasteiger partial charge in [0.25, 0.3) is 5.91 Å². The Bertz CT molecular complexity index is 854. The summed E-state index contributed by atoms with van der Waals surface area (Å²) in [7, 11) is 0. The van der Waals surface area contributed by atoms with Crippen molar-refractivity contribution in [1.29, 1.82) is 0 Å². The number of carbonyl (C=O) groups excluding carboxylic acids is 1. The van der Waals surface area contributed by atoms with Crippen LogP contribution >= 0.6 is 0 Å². The number of H-pyrrole nitrogens is 2. The molecule has 0 fully saturated rings. The lowest BCUT2D eigenvalue weighted by molar-refractivity contribution is 0.0940. The maximum atomic E-state index is 13.4. The Labute approximate surface area is 138 Å². The molecule has 2 heterocycles. The summed E-state index contributed by atoms with van der Waals surface area (Å²) in [5.74, 6) is -0.626. The molecule has 0 spiro atoms. The smallest absolute Gasteiger partial charge is 0.255 e. The predicted molar refractivity (Wildman–Crippen MR) is 87.9 cm³/mol. The summed E-state index contributed by atoms with van der Waals surface area (Å²) < 4.78 is 13.4. The quantitative estimate of drug-likeness (QED) is 0.673. The van der Waals surface area contributed by atoms with Gasteiger partial charge < -0.3 is 5.32 Å². The van der Waals surface area contributed by atoms with Crippen LogP contribution in [-0.2, 0) is 6.42 Å². The van der Waals surface area contributed by atoms with Gasteiger partial charge in [0.15, 0.2) is 0 Å². The van der Waals surface area contributed by atoms with E-state index >= 15 is 0 Å². The molecule has 0 unspecified atom stereocenters. The van der Waals surface area contributed by atoms with Crippen molar-refractivity contribution in [2.75, 3.05) is 0 Å². The van der Waals surface area contributed by atoms with E-state index in [2.05, 4.69) is 25.7 Å². The third-order valence-corrected chi connectivity index (χ3v) is 3.65. The van der Waals surface area contributed by atoms with Crippen LogP contribution in [0, 0.1) is 12.7 Å². The molecule has 3 N–H and O–H groups in total. The van der Waals surface area contributed by atoms with Gasteiger partial charge in [-0.3, -0.25) is 15.0 Å². The Morgan fingerprint density at radius 3 is 2.88 bits per heavy atom. The van der Waals surface area contributed by atoms with Crippen LogP contribution in [0.5, 0.6) is 0 Å². The first kappa shape index (κ1) is 15.9. The molecule has 6 nitrogen and oxygen atoms in total. The molecule has 24 heavy (non-hydrogen) atoms. The number of amides is 1. The molecule has 2 aromatic heterocycles. The standard InChI is InChI=1S/C17H18FN5O/c1-10(6-14-7-11(2)21-22-14)20-17(24)15-9-19-23-16(15)12-4-3-5-13(18)8-12/h3-5,7-10H,6H2,1-2H3,(H,19,23)(H,20,24)(H,21,22)/t10-/m0/s1. The van der Waals surface area contributed by atoms with Crippen LogP contribution in [0.25, 0.3) is 11.3 Å². The average Bonchev–Trinajstić information content (AvgIpc) is 3.16. The molecule has 0 aliphatic rings. The predicted octanol–water partition coefficient (Wildman–Crippen LogP) is 2.61. The topological polar surface area (TPSA) is 86.5 Å². The van der Waals surface area contributed by atoms with E-state index in [-0.39, 0.29) is 17.8 Å². The van der Waals surface area contributed by atoms with Crippen molar-refractivity contribution in [2.24, 2.45) is 0 Å². The van der Waals surface area contributed by atoms with E-state index in [1.165, 1.54) is 18.3 Å². The highest BCUT2D eigenvalue weighted by Crippen LogP contribution is 2.21. The highest BCUT2D eigenvalue weighted by atomic mass is 19.1. The second-order valence-electron chi connectivity index (χ2n) is 5.79. The lowest BCUT2D eigenvalue weighted by atomic mass is 10.1. The second-order valence-corrected chi connectivity index (χ2v) is 5.79.